The first-order valence-corrected chi connectivity index (χ1v) is 9.20. The molecular weight excluding hydrogens is 352 g/mol. The molecule has 0 aliphatic rings. The van der Waals surface area contributed by atoms with Crippen LogP contribution in [0.2, 0.25) is 0 Å². The largest absolute Gasteiger partial charge is 0.478 e. The predicted molar refractivity (Wildman–Crippen MR) is 111 cm³/mol. The first kappa shape index (κ1) is 19.6. The summed E-state index contributed by atoms with van der Waals surface area (Å²) in [6.07, 6.45) is 0.338. The minimum absolute atomic E-state index is 0.115. The van der Waals surface area contributed by atoms with Crippen LogP contribution in [0.3, 0.4) is 0 Å². The molecular formula is C23H24N2O3. The van der Waals surface area contributed by atoms with Crippen LogP contribution in [0.4, 0.5) is 5.69 Å². The number of benzene rings is 3. The molecule has 0 amide bonds. The summed E-state index contributed by atoms with van der Waals surface area (Å²) in [6, 6.07) is 22.7. The number of aliphatic hydroxyl groups excluding tert-OH is 1. The second-order valence-electron chi connectivity index (χ2n) is 6.68. The molecule has 5 nitrogen and oxygen atoms in total. The Labute approximate surface area is 164 Å². The summed E-state index contributed by atoms with van der Waals surface area (Å²) in [5.74, 6) is -1.02. The molecule has 0 bridgehead atoms. The Balaban J connectivity index is 1.52. The van der Waals surface area contributed by atoms with Crippen LogP contribution in [0.1, 0.15) is 27.6 Å². The fourth-order valence-corrected chi connectivity index (χ4v) is 3.07. The quantitative estimate of drug-likeness (QED) is 0.356. The van der Waals surface area contributed by atoms with Gasteiger partial charge >= 0.3 is 5.97 Å². The maximum Gasteiger partial charge on any atom is 0.337 e. The van der Waals surface area contributed by atoms with Gasteiger partial charge in [-0.3, -0.25) is 0 Å². The SMILES string of the molecule is Nc1cc(-c2ccc(CCNC[C@H](O)c3ccccc3)cc2)ccc1C(=O)O. The van der Waals surface area contributed by atoms with Gasteiger partial charge in [0.25, 0.3) is 0 Å². The average molecular weight is 376 g/mol. The van der Waals surface area contributed by atoms with Crippen LogP contribution in [-0.2, 0) is 6.42 Å². The van der Waals surface area contributed by atoms with Crippen LogP contribution < -0.4 is 11.1 Å². The van der Waals surface area contributed by atoms with Crippen molar-refractivity contribution in [3.8, 4) is 11.1 Å². The molecule has 0 saturated carbocycles. The van der Waals surface area contributed by atoms with Gasteiger partial charge in [-0.25, -0.2) is 4.79 Å². The number of aliphatic hydroxyl groups is 1. The lowest BCUT2D eigenvalue weighted by Crippen LogP contribution is -2.23. The molecule has 0 saturated heterocycles. The van der Waals surface area contributed by atoms with Crippen LogP contribution in [0.5, 0.6) is 0 Å². The van der Waals surface area contributed by atoms with Gasteiger partial charge in [-0.15, -0.1) is 0 Å². The number of rotatable bonds is 8. The van der Waals surface area contributed by atoms with Gasteiger partial charge in [0, 0.05) is 12.2 Å². The van der Waals surface area contributed by atoms with E-state index in [1.807, 2.05) is 54.6 Å². The van der Waals surface area contributed by atoms with Gasteiger partial charge in [-0.2, -0.15) is 0 Å². The molecule has 0 unspecified atom stereocenters. The van der Waals surface area contributed by atoms with E-state index in [0.717, 1.165) is 29.7 Å². The summed E-state index contributed by atoms with van der Waals surface area (Å²) in [5, 5.41) is 22.5. The second-order valence-corrected chi connectivity index (χ2v) is 6.68. The van der Waals surface area contributed by atoms with Gasteiger partial charge in [0.05, 0.1) is 11.7 Å². The lowest BCUT2D eigenvalue weighted by Gasteiger charge is -2.12. The zero-order valence-electron chi connectivity index (χ0n) is 15.5. The standard InChI is InChI=1S/C23H24N2O3/c24-21-14-19(10-11-20(21)23(27)28)17-8-6-16(7-9-17)12-13-25-15-22(26)18-4-2-1-3-5-18/h1-11,14,22,25-26H,12-13,15,24H2,(H,27,28)/t22-/m0/s1. The van der Waals surface area contributed by atoms with E-state index >= 15 is 0 Å². The molecule has 3 aromatic carbocycles. The first-order valence-electron chi connectivity index (χ1n) is 9.20. The van der Waals surface area contributed by atoms with Crippen LogP contribution in [0.15, 0.2) is 72.8 Å². The Morgan fingerprint density at radius 1 is 0.964 bits per heavy atom. The predicted octanol–water partition coefficient (Wildman–Crippen LogP) is 3.50. The topological polar surface area (TPSA) is 95.6 Å². The van der Waals surface area contributed by atoms with Crippen LogP contribution in [0, 0.1) is 0 Å². The number of hydrogen-bond acceptors (Lipinski definition) is 4. The van der Waals surface area contributed by atoms with E-state index in [4.69, 9.17) is 10.8 Å². The molecule has 0 aliphatic carbocycles. The number of nitrogens with one attached hydrogen (secondary N) is 1. The average Bonchev–Trinajstić information content (AvgIpc) is 2.72. The van der Waals surface area contributed by atoms with Crippen molar-refractivity contribution >= 4 is 11.7 Å². The fraction of sp³-hybridized carbons (Fsp3) is 0.174. The normalized spacial score (nSPS) is 11.9. The third-order valence-electron chi connectivity index (χ3n) is 4.68. The number of anilines is 1. The molecule has 28 heavy (non-hydrogen) atoms. The lowest BCUT2D eigenvalue weighted by atomic mass is 10.0. The van der Waals surface area contributed by atoms with E-state index < -0.39 is 12.1 Å². The Bertz CT molecular complexity index is 924. The number of nitrogens with two attached hydrogens (primary N) is 1. The molecule has 0 heterocycles. The van der Waals surface area contributed by atoms with E-state index in [0.29, 0.717) is 6.54 Å². The van der Waals surface area contributed by atoms with Crippen molar-refractivity contribution in [3.63, 3.8) is 0 Å². The van der Waals surface area contributed by atoms with Gasteiger partial charge in [0.2, 0.25) is 0 Å². The van der Waals surface area contributed by atoms with Crippen LogP contribution in [0.25, 0.3) is 11.1 Å². The van der Waals surface area contributed by atoms with Crippen molar-refractivity contribution in [1.29, 1.82) is 0 Å². The number of hydrogen-bond donors (Lipinski definition) is 4. The number of carboxylic acids is 1. The van der Waals surface area contributed by atoms with Crippen LogP contribution in [-0.4, -0.2) is 29.3 Å². The first-order chi connectivity index (χ1) is 13.5. The third kappa shape index (κ3) is 4.97. The van der Waals surface area contributed by atoms with Crippen molar-refractivity contribution in [2.45, 2.75) is 12.5 Å². The molecule has 5 heteroatoms. The molecule has 5 N–H and O–H groups in total. The van der Waals surface area contributed by atoms with Gasteiger partial charge in [-0.05, 0) is 47.4 Å². The lowest BCUT2D eigenvalue weighted by molar-refractivity contribution is 0.0698. The van der Waals surface area contributed by atoms with Gasteiger partial charge in [0.1, 0.15) is 0 Å². The molecule has 0 aromatic heterocycles. The Morgan fingerprint density at radius 3 is 2.29 bits per heavy atom. The highest BCUT2D eigenvalue weighted by atomic mass is 16.4. The van der Waals surface area contributed by atoms with E-state index in [1.165, 1.54) is 11.6 Å². The number of carbonyl (C=O) groups is 1. The Kier molecular flexibility index (Phi) is 6.42. The maximum atomic E-state index is 11.1. The monoisotopic (exact) mass is 376 g/mol. The zero-order valence-corrected chi connectivity index (χ0v) is 15.5. The summed E-state index contributed by atoms with van der Waals surface area (Å²) < 4.78 is 0. The molecule has 0 radical (unpaired) electrons. The van der Waals surface area contributed by atoms with Crippen LogP contribution >= 0.6 is 0 Å². The number of nitrogen functional groups attached to an aromatic ring is 1. The Morgan fingerprint density at radius 2 is 1.64 bits per heavy atom. The van der Waals surface area contributed by atoms with E-state index in [1.54, 1.807) is 12.1 Å². The van der Waals surface area contributed by atoms with Crippen molar-refractivity contribution < 1.29 is 15.0 Å². The summed E-state index contributed by atoms with van der Waals surface area (Å²) in [7, 11) is 0. The molecule has 144 valence electrons. The minimum Gasteiger partial charge on any atom is -0.478 e. The molecule has 0 aliphatic heterocycles. The van der Waals surface area contributed by atoms with Gasteiger partial charge < -0.3 is 21.3 Å². The van der Waals surface area contributed by atoms with E-state index in [9.17, 15) is 9.90 Å². The molecule has 0 spiro atoms. The Hall–Kier alpha value is -3.15. The van der Waals surface area contributed by atoms with Crippen molar-refractivity contribution in [2.75, 3.05) is 18.8 Å². The maximum absolute atomic E-state index is 11.1. The highest BCUT2D eigenvalue weighted by Crippen LogP contribution is 2.24. The molecule has 3 rings (SSSR count). The van der Waals surface area contributed by atoms with Gasteiger partial charge in [-0.1, -0.05) is 60.7 Å². The van der Waals surface area contributed by atoms with Crippen molar-refractivity contribution in [3.05, 3.63) is 89.5 Å². The smallest absolute Gasteiger partial charge is 0.337 e. The summed E-state index contributed by atoms with van der Waals surface area (Å²) in [6.45, 7) is 1.28. The van der Waals surface area contributed by atoms with E-state index in [2.05, 4.69) is 5.32 Å². The summed E-state index contributed by atoms with van der Waals surface area (Å²) in [4.78, 5) is 11.1. The summed E-state index contributed by atoms with van der Waals surface area (Å²) in [5.41, 5.74) is 10.2. The molecule has 1 atom stereocenters. The highest BCUT2D eigenvalue weighted by molar-refractivity contribution is 5.94. The highest BCUT2D eigenvalue weighted by Gasteiger charge is 2.09. The molecule has 0 fully saturated rings. The third-order valence-corrected chi connectivity index (χ3v) is 4.68. The number of aromatic carboxylic acids is 1. The van der Waals surface area contributed by atoms with Gasteiger partial charge in [0.15, 0.2) is 0 Å². The number of carboxylic acid groups (broad SMARTS) is 1. The van der Waals surface area contributed by atoms with E-state index in [-0.39, 0.29) is 11.3 Å². The zero-order chi connectivity index (χ0) is 19.9. The van der Waals surface area contributed by atoms with Crippen molar-refractivity contribution in [1.82, 2.24) is 5.32 Å². The van der Waals surface area contributed by atoms with Crippen molar-refractivity contribution in [2.24, 2.45) is 0 Å². The molecule has 3 aromatic rings. The summed E-state index contributed by atoms with van der Waals surface area (Å²) >= 11 is 0. The minimum atomic E-state index is -1.02. The second kappa shape index (κ2) is 9.17. The fourth-order valence-electron chi connectivity index (χ4n) is 3.07.